The number of carbonyl (C=O) groups is 3. The maximum atomic E-state index is 13.0. The fourth-order valence-corrected chi connectivity index (χ4v) is 3.84. The SMILES string of the molecule is COC(=O)c1cccc(NC(=O)c2c(NC(=O)c3ccccc3)sc(C)c2C)c1. The van der Waals surface area contributed by atoms with Gasteiger partial charge in [-0.25, -0.2) is 4.79 Å². The normalized spacial score (nSPS) is 10.3. The number of esters is 1. The molecule has 0 spiro atoms. The van der Waals surface area contributed by atoms with Gasteiger partial charge in [-0.3, -0.25) is 9.59 Å². The summed E-state index contributed by atoms with van der Waals surface area (Å²) in [5, 5.41) is 6.11. The molecule has 3 aromatic rings. The number of methoxy groups -OCH3 is 1. The molecule has 148 valence electrons. The molecule has 2 amide bonds. The van der Waals surface area contributed by atoms with Crippen molar-refractivity contribution in [2.75, 3.05) is 17.7 Å². The van der Waals surface area contributed by atoms with Crippen molar-refractivity contribution in [2.24, 2.45) is 0 Å². The molecular formula is C22H20N2O4S. The first-order chi connectivity index (χ1) is 13.9. The van der Waals surface area contributed by atoms with Crippen LogP contribution in [0.3, 0.4) is 0 Å². The minimum atomic E-state index is -0.487. The second-order valence-corrected chi connectivity index (χ2v) is 7.56. The zero-order chi connectivity index (χ0) is 21.0. The predicted octanol–water partition coefficient (Wildman–Crippen LogP) is 4.66. The van der Waals surface area contributed by atoms with E-state index in [0.717, 1.165) is 10.4 Å². The topological polar surface area (TPSA) is 84.5 Å². The van der Waals surface area contributed by atoms with Gasteiger partial charge >= 0.3 is 5.97 Å². The van der Waals surface area contributed by atoms with Crippen molar-refractivity contribution in [1.29, 1.82) is 0 Å². The number of ether oxygens (including phenoxy) is 1. The van der Waals surface area contributed by atoms with Crippen LogP contribution in [0.15, 0.2) is 54.6 Å². The van der Waals surface area contributed by atoms with Crippen molar-refractivity contribution < 1.29 is 19.1 Å². The third-order valence-corrected chi connectivity index (χ3v) is 5.54. The van der Waals surface area contributed by atoms with E-state index >= 15 is 0 Å². The molecule has 7 heteroatoms. The van der Waals surface area contributed by atoms with Crippen LogP contribution in [-0.4, -0.2) is 24.9 Å². The Morgan fingerprint density at radius 1 is 0.862 bits per heavy atom. The molecule has 0 aliphatic carbocycles. The molecule has 2 N–H and O–H groups in total. The minimum Gasteiger partial charge on any atom is -0.465 e. The number of nitrogens with one attached hydrogen (secondary N) is 2. The fraction of sp³-hybridized carbons (Fsp3) is 0.136. The van der Waals surface area contributed by atoms with E-state index < -0.39 is 5.97 Å². The zero-order valence-corrected chi connectivity index (χ0v) is 17.1. The minimum absolute atomic E-state index is 0.284. The number of hydrogen-bond donors (Lipinski definition) is 2. The fourth-order valence-electron chi connectivity index (χ4n) is 2.79. The van der Waals surface area contributed by atoms with E-state index in [1.165, 1.54) is 18.4 Å². The molecule has 29 heavy (non-hydrogen) atoms. The van der Waals surface area contributed by atoms with E-state index in [1.54, 1.807) is 48.5 Å². The highest BCUT2D eigenvalue weighted by Crippen LogP contribution is 2.33. The summed E-state index contributed by atoms with van der Waals surface area (Å²) in [6.45, 7) is 3.73. The first-order valence-corrected chi connectivity index (χ1v) is 9.68. The van der Waals surface area contributed by atoms with Gasteiger partial charge in [0.1, 0.15) is 5.00 Å². The number of carbonyl (C=O) groups excluding carboxylic acids is 3. The molecule has 0 radical (unpaired) electrons. The molecule has 0 fully saturated rings. The average molecular weight is 408 g/mol. The van der Waals surface area contributed by atoms with E-state index in [-0.39, 0.29) is 11.8 Å². The number of rotatable bonds is 5. The molecule has 1 aromatic heterocycles. The number of hydrogen-bond acceptors (Lipinski definition) is 5. The second kappa shape index (κ2) is 8.70. The van der Waals surface area contributed by atoms with Crippen molar-refractivity contribution >= 4 is 39.8 Å². The molecule has 0 saturated heterocycles. The highest BCUT2D eigenvalue weighted by atomic mass is 32.1. The molecule has 0 unspecified atom stereocenters. The quantitative estimate of drug-likeness (QED) is 0.602. The zero-order valence-electron chi connectivity index (χ0n) is 16.2. The van der Waals surface area contributed by atoms with Crippen LogP contribution < -0.4 is 10.6 Å². The Labute approximate surface area is 172 Å². The highest BCUT2D eigenvalue weighted by molar-refractivity contribution is 7.16. The van der Waals surface area contributed by atoms with Crippen molar-refractivity contribution in [3.63, 3.8) is 0 Å². The second-order valence-electron chi connectivity index (χ2n) is 6.33. The number of anilines is 2. The highest BCUT2D eigenvalue weighted by Gasteiger charge is 2.22. The number of amides is 2. The van der Waals surface area contributed by atoms with Crippen LogP contribution in [0, 0.1) is 13.8 Å². The summed E-state index contributed by atoms with van der Waals surface area (Å²) in [6.07, 6.45) is 0. The van der Waals surface area contributed by atoms with Crippen LogP contribution in [0.2, 0.25) is 0 Å². The maximum Gasteiger partial charge on any atom is 0.337 e. The van der Waals surface area contributed by atoms with E-state index in [2.05, 4.69) is 10.6 Å². The molecule has 0 saturated carbocycles. The van der Waals surface area contributed by atoms with Gasteiger partial charge in [-0.05, 0) is 49.7 Å². The summed E-state index contributed by atoms with van der Waals surface area (Å²) in [6, 6.07) is 15.3. The van der Waals surface area contributed by atoms with Crippen LogP contribution in [0.1, 0.15) is 41.5 Å². The standard InChI is InChI=1S/C22H20N2O4S/c1-13-14(2)29-21(24-19(25)15-8-5-4-6-9-15)18(13)20(26)23-17-11-7-10-16(12-17)22(27)28-3/h4-12H,1-3H3,(H,23,26)(H,24,25). The van der Waals surface area contributed by atoms with E-state index in [9.17, 15) is 14.4 Å². The third kappa shape index (κ3) is 4.52. The molecule has 0 bridgehead atoms. The van der Waals surface area contributed by atoms with Crippen molar-refractivity contribution in [2.45, 2.75) is 13.8 Å². The van der Waals surface area contributed by atoms with Gasteiger partial charge in [-0.1, -0.05) is 24.3 Å². The molecule has 0 aliphatic rings. The summed E-state index contributed by atoms with van der Waals surface area (Å²) in [4.78, 5) is 38.1. The van der Waals surface area contributed by atoms with Gasteiger partial charge in [0.15, 0.2) is 0 Å². The first-order valence-electron chi connectivity index (χ1n) is 8.87. The summed E-state index contributed by atoms with van der Waals surface area (Å²) in [5.74, 6) is -1.13. The molecule has 2 aromatic carbocycles. The van der Waals surface area contributed by atoms with E-state index in [0.29, 0.717) is 27.4 Å². The summed E-state index contributed by atoms with van der Waals surface area (Å²) in [7, 11) is 1.30. The van der Waals surface area contributed by atoms with Gasteiger partial charge in [-0.15, -0.1) is 11.3 Å². The van der Waals surface area contributed by atoms with E-state index in [4.69, 9.17) is 4.74 Å². The molecule has 0 atom stereocenters. The Morgan fingerprint density at radius 3 is 2.24 bits per heavy atom. The van der Waals surface area contributed by atoms with Crippen LogP contribution in [0.4, 0.5) is 10.7 Å². The van der Waals surface area contributed by atoms with Gasteiger partial charge in [0, 0.05) is 16.1 Å². The largest absolute Gasteiger partial charge is 0.465 e. The van der Waals surface area contributed by atoms with Gasteiger partial charge in [0.2, 0.25) is 0 Å². The predicted molar refractivity (Wildman–Crippen MR) is 114 cm³/mol. The van der Waals surface area contributed by atoms with Crippen molar-refractivity contribution in [3.05, 3.63) is 81.7 Å². The molecule has 6 nitrogen and oxygen atoms in total. The summed E-state index contributed by atoms with van der Waals surface area (Å²) in [5.41, 5.74) is 2.50. The van der Waals surface area contributed by atoms with Gasteiger partial charge < -0.3 is 15.4 Å². The third-order valence-electron chi connectivity index (χ3n) is 4.42. The Kier molecular flexibility index (Phi) is 6.09. The smallest absolute Gasteiger partial charge is 0.337 e. The Balaban J connectivity index is 1.86. The number of benzene rings is 2. The molecule has 3 rings (SSSR count). The van der Waals surface area contributed by atoms with Crippen LogP contribution in [-0.2, 0) is 4.74 Å². The van der Waals surface area contributed by atoms with Crippen molar-refractivity contribution in [3.8, 4) is 0 Å². The lowest BCUT2D eigenvalue weighted by molar-refractivity contribution is 0.0600. The number of aryl methyl sites for hydroxylation is 1. The lowest BCUT2D eigenvalue weighted by atomic mass is 10.1. The average Bonchev–Trinajstić information content (AvgIpc) is 3.01. The van der Waals surface area contributed by atoms with Crippen molar-refractivity contribution in [1.82, 2.24) is 0 Å². The van der Waals surface area contributed by atoms with Crippen LogP contribution >= 0.6 is 11.3 Å². The lowest BCUT2D eigenvalue weighted by Gasteiger charge is -2.10. The Bertz CT molecular complexity index is 1070. The van der Waals surface area contributed by atoms with Gasteiger partial charge in [0.05, 0.1) is 18.2 Å². The molecule has 0 aliphatic heterocycles. The Hall–Kier alpha value is -3.45. The molecule has 1 heterocycles. The first kappa shape index (κ1) is 20.3. The lowest BCUT2D eigenvalue weighted by Crippen LogP contribution is -2.17. The van der Waals surface area contributed by atoms with Gasteiger partial charge in [0.25, 0.3) is 11.8 Å². The summed E-state index contributed by atoms with van der Waals surface area (Å²) >= 11 is 1.35. The van der Waals surface area contributed by atoms with Crippen LogP contribution in [0.25, 0.3) is 0 Å². The monoisotopic (exact) mass is 408 g/mol. The number of thiophene rings is 1. The van der Waals surface area contributed by atoms with E-state index in [1.807, 2.05) is 19.9 Å². The van der Waals surface area contributed by atoms with Gasteiger partial charge in [-0.2, -0.15) is 0 Å². The summed E-state index contributed by atoms with van der Waals surface area (Å²) < 4.78 is 4.71. The Morgan fingerprint density at radius 2 is 1.55 bits per heavy atom. The molecular weight excluding hydrogens is 388 g/mol. The maximum absolute atomic E-state index is 13.0. The van der Waals surface area contributed by atoms with Crippen LogP contribution in [0.5, 0.6) is 0 Å².